The first-order valence-corrected chi connectivity index (χ1v) is 8.47. The van der Waals surface area contributed by atoms with Crippen LogP contribution in [-0.4, -0.2) is 34.2 Å². The number of allylic oxidation sites excluding steroid dienone is 1. The molecule has 8 nitrogen and oxygen atoms in total. The molecule has 0 unspecified atom stereocenters. The van der Waals surface area contributed by atoms with Crippen molar-refractivity contribution in [3.63, 3.8) is 0 Å². The van der Waals surface area contributed by atoms with Crippen LogP contribution in [0.2, 0.25) is 0 Å². The number of urea groups is 1. The zero-order valence-electron chi connectivity index (χ0n) is 14.6. The number of ether oxygens (including phenoxy) is 1. The van der Waals surface area contributed by atoms with Gasteiger partial charge in [0.1, 0.15) is 0 Å². The molecule has 1 aromatic heterocycles. The van der Waals surface area contributed by atoms with E-state index in [4.69, 9.17) is 4.74 Å². The van der Waals surface area contributed by atoms with Crippen molar-refractivity contribution in [2.45, 2.75) is 32.9 Å². The minimum absolute atomic E-state index is 0.0226. The summed E-state index contributed by atoms with van der Waals surface area (Å²) in [4.78, 5) is 41.3. The number of aromatic nitrogens is 2. The van der Waals surface area contributed by atoms with Crippen molar-refractivity contribution < 1.29 is 14.3 Å². The van der Waals surface area contributed by atoms with Gasteiger partial charge in [-0.2, -0.15) is 0 Å². The molecule has 2 N–H and O–H groups in total. The van der Waals surface area contributed by atoms with Crippen LogP contribution in [0.25, 0.3) is 10.9 Å². The molecule has 26 heavy (non-hydrogen) atoms. The molecule has 0 fully saturated rings. The van der Waals surface area contributed by atoms with E-state index in [2.05, 4.69) is 15.6 Å². The third-order valence-corrected chi connectivity index (χ3v) is 4.21. The second kappa shape index (κ2) is 7.38. The number of nitrogens with zero attached hydrogens (tertiary/aromatic N) is 2. The Labute approximate surface area is 149 Å². The summed E-state index contributed by atoms with van der Waals surface area (Å²) >= 11 is 0. The van der Waals surface area contributed by atoms with Crippen molar-refractivity contribution in [3.05, 3.63) is 52.2 Å². The minimum atomic E-state index is -0.511. The number of carbonyl (C=O) groups excluding carboxylic acids is 2. The van der Waals surface area contributed by atoms with Gasteiger partial charge in [-0.3, -0.25) is 9.36 Å². The number of carbonyl (C=O) groups is 2. The summed E-state index contributed by atoms with van der Waals surface area (Å²) in [5.74, 6) is -0.511. The molecule has 0 aliphatic carbocycles. The van der Waals surface area contributed by atoms with Gasteiger partial charge in [0.15, 0.2) is 0 Å². The summed E-state index contributed by atoms with van der Waals surface area (Å²) in [5, 5.41) is 5.81. The largest absolute Gasteiger partial charge is 0.463 e. The van der Waals surface area contributed by atoms with Crippen molar-refractivity contribution in [3.8, 4) is 0 Å². The van der Waals surface area contributed by atoms with Crippen LogP contribution in [0.1, 0.15) is 20.3 Å². The van der Waals surface area contributed by atoms with Crippen LogP contribution in [-0.2, 0) is 16.1 Å². The third-order valence-electron chi connectivity index (χ3n) is 4.21. The molecule has 0 saturated carbocycles. The lowest BCUT2D eigenvalue weighted by molar-refractivity contribution is -0.139. The van der Waals surface area contributed by atoms with E-state index in [-0.39, 0.29) is 18.7 Å². The van der Waals surface area contributed by atoms with E-state index in [0.717, 1.165) is 0 Å². The number of nitrogens with one attached hydrogen (secondary N) is 2. The van der Waals surface area contributed by atoms with Crippen LogP contribution in [0.3, 0.4) is 0 Å². The lowest BCUT2D eigenvalue weighted by Crippen LogP contribution is -2.51. The molecule has 2 aromatic rings. The van der Waals surface area contributed by atoms with Gasteiger partial charge in [-0.25, -0.2) is 14.6 Å². The summed E-state index contributed by atoms with van der Waals surface area (Å²) < 4.78 is 6.50. The molecule has 136 valence electrons. The number of hydrogen-bond acceptors (Lipinski definition) is 5. The molecule has 1 aliphatic rings. The standard InChI is InChI=1S/C18H20N4O4/c1-3-12-15(17(24)26-4-2)14(21-18(25)20-12)9-22-10-19-13-8-6-5-7-11(13)16(22)23/h5-8,10,12H,3-4,9H2,1-2H3,(H2,20,21,25)/t12-/m1/s1. The summed E-state index contributed by atoms with van der Waals surface area (Å²) in [5.41, 5.74) is 1.02. The van der Waals surface area contributed by atoms with Crippen molar-refractivity contribution >= 4 is 22.9 Å². The first-order valence-electron chi connectivity index (χ1n) is 8.47. The molecular weight excluding hydrogens is 336 g/mol. The van der Waals surface area contributed by atoms with Crippen molar-refractivity contribution in [1.29, 1.82) is 0 Å². The summed E-state index contributed by atoms with van der Waals surface area (Å²) in [6.07, 6.45) is 1.94. The Hall–Kier alpha value is -3.16. The number of esters is 1. The predicted molar refractivity (Wildman–Crippen MR) is 95.4 cm³/mol. The molecular formula is C18H20N4O4. The van der Waals surface area contributed by atoms with E-state index in [0.29, 0.717) is 28.6 Å². The Morgan fingerprint density at radius 2 is 2.04 bits per heavy atom. The van der Waals surface area contributed by atoms with Gasteiger partial charge >= 0.3 is 12.0 Å². The molecule has 0 saturated heterocycles. The fourth-order valence-corrected chi connectivity index (χ4v) is 2.98. The fraction of sp³-hybridized carbons (Fsp3) is 0.333. The summed E-state index contributed by atoms with van der Waals surface area (Å²) in [6.45, 7) is 3.81. The molecule has 1 atom stereocenters. The lowest BCUT2D eigenvalue weighted by atomic mass is 10.00. The Morgan fingerprint density at radius 3 is 2.77 bits per heavy atom. The minimum Gasteiger partial charge on any atom is -0.463 e. The number of rotatable bonds is 5. The second-order valence-corrected chi connectivity index (χ2v) is 5.87. The van der Waals surface area contributed by atoms with Crippen molar-refractivity contribution in [2.24, 2.45) is 0 Å². The molecule has 0 bridgehead atoms. The predicted octanol–water partition coefficient (Wildman–Crippen LogP) is 1.31. The number of benzene rings is 1. The normalized spacial score (nSPS) is 17.0. The average Bonchev–Trinajstić information content (AvgIpc) is 2.63. The quantitative estimate of drug-likeness (QED) is 0.787. The highest BCUT2D eigenvalue weighted by atomic mass is 16.5. The van der Waals surface area contributed by atoms with E-state index in [1.807, 2.05) is 6.92 Å². The van der Waals surface area contributed by atoms with Crippen LogP contribution in [0.15, 0.2) is 46.7 Å². The van der Waals surface area contributed by atoms with Gasteiger partial charge in [-0.05, 0) is 25.5 Å². The number of amides is 2. The second-order valence-electron chi connectivity index (χ2n) is 5.87. The SMILES string of the molecule is CCOC(=O)C1=C(Cn2cnc3ccccc3c2=O)NC(=O)N[C@@H]1CC. The summed E-state index contributed by atoms with van der Waals surface area (Å²) in [6, 6.07) is 6.13. The summed E-state index contributed by atoms with van der Waals surface area (Å²) in [7, 11) is 0. The Balaban J connectivity index is 2.06. The van der Waals surface area contributed by atoms with E-state index in [1.165, 1.54) is 10.9 Å². The van der Waals surface area contributed by atoms with Crippen LogP contribution < -0.4 is 16.2 Å². The van der Waals surface area contributed by atoms with Gasteiger partial charge in [-0.15, -0.1) is 0 Å². The van der Waals surface area contributed by atoms with Crippen molar-refractivity contribution in [1.82, 2.24) is 20.2 Å². The molecule has 2 heterocycles. The van der Waals surface area contributed by atoms with Crippen LogP contribution in [0, 0.1) is 0 Å². The van der Waals surface area contributed by atoms with Gasteiger partial charge in [0, 0.05) is 0 Å². The van der Waals surface area contributed by atoms with Gasteiger partial charge in [0.2, 0.25) is 0 Å². The maximum Gasteiger partial charge on any atom is 0.337 e. The third kappa shape index (κ3) is 3.30. The smallest absolute Gasteiger partial charge is 0.337 e. The highest BCUT2D eigenvalue weighted by molar-refractivity contribution is 5.94. The average molecular weight is 356 g/mol. The topological polar surface area (TPSA) is 102 Å². The Bertz CT molecular complexity index is 948. The highest BCUT2D eigenvalue weighted by Gasteiger charge is 2.31. The first kappa shape index (κ1) is 17.7. The van der Waals surface area contributed by atoms with E-state index in [1.54, 1.807) is 31.2 Å². The fourth-order valence-electron chi connectivity index (χ4n) is 2.98. The van der Waals surface area contributed by atoms with E-state index < -0.39 is 18.0 Å². The Morgan fingerprint density at radius 1 is 1.27 bits per heavy atom. The molecule has 3 rings (SSSR count). The van der Waals surface area contributed by atoms with Crippen molar-refractivity contribution in [2.75, 3.05) is 6.61 Å². The lowest BCUT2D eigenvalue weighted by Gasteiger charge is -2.28. The van der Waals surface area contributed by atoms with Gasteiger partial charge in [0.25, 0.3) is 5.56 Å². The monoisotopic (exact) mass is 356 g/mol. The van der Waals surface area contributed by atoms with Crippen LogP contribution >= 0.6 is 0 Å². The van der Waals surface area contributed by atoms with Crippen LogP contribution in [0.4, 0.5) is 4.79 Å². The highest BCUT2D eigenvalue weighted by Crippen LogP contribution is 2.18. The molecule has 1 aromatic carbocycles. The van der Waals surface area contributed by atoms with Crippen LogP contribution in [0.5, 0.6) is 0 Å². The Kier molecular flexibility index (Phi) is 5.01. The number of hydrogen-bond donors (Lipinski definition) is 2. The zero-order chi connectivity index (χ0) is 18.7. The number of para-hydroxylation sites is 1. The van der Waals surface area contributed by atoms with E-state index in [9.17, 15) is 14.4 Å². The molecule has 0 radical (unpaired) electrons. The number of fused-ring (bicyclic) bond motifs is 1. The van der Waals surface area contributed by atoms with E-state index >= 15 is 0 Å². The molecule has 2 amide bonds. The molecule has 0 spiro atoms. The van der Waals surface area contributed by atoms with Gasteiger partial charge in [0.05, 0.1) is 47.7 Å². The van der Waals surface area contributed by atoms with Gasteiger partial charge in [-0.1, -0.05) is 19.1 Å². The molecule has 8 heteroatoms. The maximum absolute atomic E-state index is 12.7. The maximum atomic E-state index is 12.7. The molecule has 1 aliphatic heterocycles. The van der Waals surface area contributed by atoms with Gasteiger partial charge < -0.3 is 15.4 Å². The first-order chi connectivity index (χ1) is 12.5. The zero-order valence-corrected chi connectivity index (χ0v) is 14.6.